The van der Waals surface area contributed by atoms with Crippen LogP contribution in [0.3, 0.4) is 0 Å². The summed E-state index contributed by atoms with van der Waals surface area (Å²) in [5.74, 6) is 1.39. The van der Waals surface area contributed by atoms with Crippen molar-refractivity contribution in [3.05, 3.63) is 46.9 Å². The minimum atomic E-state index is -1.03. The van der Waals surface area contributed by atoms with Crippen molar-refractivity contribution < 1.29 is 28.6 Å². The lowest BCUT2D eigenvalue weighted by molar-refractivity contribution is -0.132. The summed E-state index contributed by atoms with van der Waals surface area (Å²) in [5, 5.41) is 9.11. The number of amides is 1. The summed E-state index contributed by atoms with van der Waals surface area (Å²) >= 11 is 0. The first-order valence-electron chi connectivity index (χ1n) is 8.91. The molecule has 1 aliphatic heterocycles. The highest BCUT2D eigenvalue weighted by Gasteiger charge is 2.45. The molecule has 0 saturated heterocycles. The van der Waals surface area contributed by atoms with E-state index in [-0.39, 0.29) is 29.9 Å². The van der Waals surface area contributed by atoms with Crippen molar-refractivity contribution in [1.82, 2.24) is 4.90 Å². The Balaban J connectivity index is 1.40. The molecule has 0 unspecified atom stereocenters. The topological polar surface area (TPSA) is 89.2 Å². The van der Waals surface area contributed by atoms with Crippen LogP contribution in [0, 0.1) is 12.8 Å². The van der Waals surface area contributed by atoms with Crippen LogP contribution < -0.4 is 9.47 Å². The van der Waals surface area contributed by atoms with Gasteiger partial charge in [0.1, 0.15) is 30.3 Å². The van der Waals surface area contributed by atoms with E-state index in [1.54, 1.807) is 18.9 Å². The number of nitrogens with zero attached hydrogens (tertiary/aromatic N) is 1. The molecule has 1 saturated carbocycles. The molecule has 1 aliphatic carbocycles. The number of carbonyl (C=O) groups excluding carboxylic acids is 1. The van der Waals surface area contributed by atoms with Crippen LogP contribution >= 0.6 is 0 Å². The molecular formula is C20H21NO6. The average molecular weight is 371 g/mol. The minimum Gasteiger partial charge on any atom is -0.486 e. The fourth-order valence-corrected chi connectivity index (χ4v) is 3.56. The van der Waals surface area contributed by atoms with Gasteiger partial charge in [0.25, 0.3) is 0 Å². The number of carboxylic acids is 1. The number of benzene rings is 1. The molecule has 142 valence electrons. The molecule has 1 fully saturated rings. The van der Waals surface area contributed by atoms with Crippen LogP contribution in [0.1, 0.15) is 39.8 Å². The van der Waals surface area contributed by atoms with Crippen molar-refractivity contribution in [3.63, 3.8) is 0 Å². The van der Waals surface area contributed by atoms with Gasteiger partial charge in [-0.15, -0.1) is 0 Å². The van der Waals surface area contributed by atoms with Gasteiger partial charge in [-0.2, -0.15) is 0 Å². The van der Waals surface area contributed by atoms with Gasteiger partial charge < -0.3 is 23.9 Å². The summed E-state index contributed by atoms with van der Waals surface area (Å²) in [7, 11) is 1.71. The Labute approximate surface area is 156 Å². The maximum Gasteiger partial charge on any atom is 0.339 e. The second kappa shape index (κ2) is 6.64. The number of ether oxygens (including phenoxy) is 2. The molecule has 0 bridgehead atoms. The van der Waals surface area contributed by atoms with Gasteiger partial charge >= 0.3 is 5.97 Å². The van der Waals surface area contributed by atoms with Gasteiger partial charge in [0.15, 0.2) is 11.5 Å². The Bertz CT molecular complexity index is 902. The van der Waals surface area contributed by atoms with Crippen LogP contribution in [-0.2, 0) is 11.3 Å². The second-order valence-electron chi connectivity index (χ2n) is 7.03. The van der Waals surface area contributed by atoms with E-state index >= 15 is 0 Å². The molecule has 2 aromatic rings. The van der Waals surface area contributed by atoms with Crippen molar-refractivity contribution >= 4 is 11.9 Å². The van der Waals surface area contributed by atoms with E-state index in [1.165, 1.54) is 6.07 Å². The molecule has 2 aliphatic rings. The first kappa shape index (κ1) is 17.5. The molecule has 0 radical (unpaired) electrons. The zero-order valence-corrected chi connectivity index (χ0v) is 15.2. The third kappa shape index (κ3) is 3.37. The van der Waals surface area contributed by atoms with Gasteiger partial charge in [-0.1, -0.05) is 6.07 Å². The molecule has 2 heterocycles. The first-order valence-corrected chi connectivity index (χ1v) is 8.91. The Morgan fingerprint density at radius 1 is 1.19 bits per heavy atom. The highest BCUT2D eigenvalue weighted by molar-refractivity contribution is 5.89. The van der Waals surface area contributed by atoms with Gasteiger partial charge in [-0.3, -0.25) is 4.79 Å². The smallest absolute Gasteiger partial charge is 0.339 e. The molecule has 1 aromatic heterocycles. The summed E-state index contributed by atoms with van der Waals surface area (Å²) in [6.45, 7) is 2.94. The van der Waals surface area contributed by atoms with Gasteiger partial charge in [0.05, 0.1) is 6.54 Å². The average Bonchev–Trinajstić information content (AvgIpc) is 3.37. The third-order valence-corrected chi connectivity index (χ3v) is 5.07. The lowest BCUT2D eigenvalue weighted by Crippen LogP contribution is -2.27. The summed E-state index contributed by atoms with van der Waals surface area (Å²) in [4.78, 5) is 25.4. The fourth-order valence-electron chi connectivity index (χ4n) is 3.56. The number of furan rings is 1. The maximum atomic E-state index is 12.7. The van der Waals surface area contributed by atoms with Gasteiger partial charge in [-0.05, 0) is 43.0 Å². The van der Waals surface area contributed by atoms with E-state index in [9.17, 15) is 9.59 Å². The largest absolute Gasteiger partial charge is 0.486 e. The molecule has 7 heteroatoms. The highest BCUT2D eigenvalue weighted by Crippen LogP contribution is 2.50. The van der Waals surface area contributed by atoms with E-state index in [1.807, 2.05) is 18.2 Å². The zero-order chi connectivity index (χ0) is 19.1. The van der Waals surface area contributed by atoms with Crippen LogP contribution in [0.4, 0.5) is 0 Å². The Morgan fingerprint density at radius 3 is 2.63 bits per heavy atom. The van der Waals surface area contributed by atoms with Crippen LogP contribution in [0.5, 0.6) is 11.5 Å². The summed E-state index contributed by atoms with van der Waals surface area (Å²) in [6.07, 6.45) is 0.792. The Kier molecular flexibility index (Phi) is 4.30. The number of aromatic carboxylic acids is 1. The minimum absolute atomic E-state index is 0.0285. The molecule has 0 spiro atoms. The van der Waals surface area contributed by atoms with Crippen molar-refractivity contribution in [2.24, 2.45) is 5.92 Å². The zero-order valence-electron chi connectivity index (χ0n) is 15.2. The normalized spacial score (nSPS) is 20.2. The van der Waals surface area contributed by atoms with Crippen LogP contribution in [0.2, 0.25) is 0 Å². The molecule has 2 atom stereocenters. The number of fused-ring (bicyclic) bond motifs is 1. The van der Waals surface area contributed by atoms with Gasteiger partial charge in [0, 0.05) is 13.0 Å². The predicted molar refractivity (Wildman–Crippen MR) is 95.2 cm³/mol. The van der Waals surface area contributed by atoms with Crippen molar-refractivity contribution in [1.29, 1.82) is 0 Å². The fraction of sp³-hybridized carbons (Fsp3) is 0.400. The number of hydrogen-bond donors (Lipinski definition) is 1. The molecule has 1 amide bonds. The Morgan fingerprint density at radius 2 is 1.93 bits per heavy atom. The summed E-state index contributed by atoms with van der Waals surface area (Å²) in [6, 6.07) is 7.32. The summed E-state index contributed by atoms with van der Waals surface area (Å²) in [5.41, 5.74) is 1.21. The van der Waals surface area contributed by atoms with Gasteiger partial charge in [0.2, 0.25) is 5.91 Å². The van der Waals surface area contributed by atoms with Crippen molar-refractivity contribution in [2.45, 2.75) is 25.8 Å². The van der Waals surface area contributed by atoms with E-state index in [4.69, 9.17) is 19.0 Å². The van der Waals surface area contributed by atoms with Gasteiger partial charge in [-0.25, -0.2) is 4.79 Å². The monoisotopic (exact) mass is 371 g/mol. The molecule has 4 rings (SSSR count). The number of aryl methyl sites for hydroxylation is 1. The highest BCUT2D eigenvalue weighted by atomic mass is 16.6. The lowest BCUT2D eigenvalue weighted by Gasteiger charge is -2.19. The number of hydrogen-bond acceptors (Lipinski definition) is 5. The quantitative estimate of drug-likeness (QED) is 0.869. The lowest BCUT2D eigenvalue weighted by atomic mass is 10.1. The predicted octanol–water partition coefficient (Wildman–Crippen LogP) is 2.82. The maximum absolute atomic E-state index is 12.7. The summed E-state index contributed by atoms with van der Waals surface area (Å²) < 4.78 is 16.6. The van der Waals surface area contributed by atoms with Crippen molar-refractivity contribution in [3.8, 4) is 11.5 Å². The molecule has 27 heavy (non-hydrogen) atoms. The molecule has 7 nitrogen and oxygen atoms in total. The first-order chi connectivity index (χ1) is 12.9. The number of rotatable bonds is 5. The molecule has 1 aromatic carbocycles. The second-order valence-corrected chi connectivity index (χ2v) is 7.03. The van der Waals surface area contributed by atoms with E-state index in [2.05, 4.69) is 0 Å². The van der Waals surface area contributed by atoms with Crippen LogP contribution in [0.15, 0.2) is 28.7 Å². The van der Waals surface area contributed by atoms with Crippen LogP contribution in [0.25, 0.3) is 0 Å². The van der Waals surface area contributed by atoms with E-state index in [0.29, 0.717) is 24.7 Å². The molecule has 1 N–H and O–H groups in total. The number of carboxylic acid groups (broad SMARTS) is 1. The SMILES string of the molecule is Cc1oc(CN(C)C(=O)[C@@H]2C[C@@H]2c2ccc3c(c2)OCCO3)cc1C(=O)O. The Hall–Kier alpha value is -2.96. The van der Waals surface area contributed by atoms with E-state index < -0.39 is 5.97 Å². The molecular weight excluding hydrogens is 350 g/mol. The third-order valence-electron chi connectivity index (χ3n) is 5.07. The number of carbonyl (C=O) groups is 2. The standard InChI is InChI=1S/C20H21NO6/c1-11-14(20(23)24)8-13(27-11)10-21(2)19(22)16-9-15(16)12-3-4-17-18(7-12)26-6-5-25-17/h3-4,7-8,15-16H,5-6,9-10H2,1-2H3,(H,23,24)/t15-,16-/m1/s1. The van der Waals surface area contributed by atoms with E-state index in [0.717, 1.165) is 23.5 Å². The van der Waals surface area contributed by atoms with Crippen LogP contribution in [-0.4, -0.2) is 42.1 Å². The van der Waals surface area contributed by atoms with Crippen molar-refractivity contribution in [2.75, 3.05) is 20.3 Å².